The Bertz CT molecular complexity index is 609. The molecule has 0 saturated heterocycles. The van der Waals surface area contributed by atoms with Gasteiger partial charge in [-0.3, -0.25) is 0 Å². The van der Waals surface area contributed by atoms with Crippen molar-refractivity contribution < 1.29 is 13.2 Å². The molecule has 0 amide bonds. The van der Waals surface area contributed by atoms with Crippen LogP contribution in [0, 0.1) is 0 Å². The number of halogens is 3. The van der Waals surface area contributed by atoms with E-state index in [0.29, 0.717) is 6.54 Å². The third-order valence-electron chi connectivity index (χ3n) is 3.37. The Morgan fingerprint density at radius 1 is 1.10 bits per heavy atom. The molecule has 110 valence electrons. The minimum atomic E-state index is -4.44. The van der Waals surface area contributed by atoms with Gasteiger partial charge in [-0.15, -0.1) is 0 Å². The second-order valence-corrected chi connectivity index (χ2v) is 5.08. The van der Waals surface area contributed by atoms with Crippen LogP contribution in [0.2, 0.25) is 0 Å². The van der Waals surface area contributed by atoms with Crippen molar-refractivity contribution in [3.05, 3.63) is 53.9 Å². The summed E-state index contributed by atoms with van der Waals surface area (Å²) in [4.78, 5) is 9.57. The van der Waals surface area contributed by atoms with Gasteiger partial charge in [-0.1, -0.05) is 30.3 Å². The van der Waals surface area contributed by atoms with Crippen LogP contribution >= 0.6 is 0 Å². The number of nitrogens with zero attached hydrogens (tertiary/aromatic N) is 3. The number of anilines is 1. The Labute approximate surface area is 120 Å². The molecule has 0 unspecified atom stereocenters. The van der Waals surface area contributed by atoms with Crippen molar-refractivity contribution in [1.29, 1.82) is 0 Å². The van der Waals surface area contributed by atoms with Gasteiger partial charge in [0.15, 0.2) is 0 Å². The molecule has 3 nitrogen and oxygen atoms in total. The van der Waals surface area contributed by atoms with Crippen LogP contribution in [-0.2, 0) is 12.7 Å². The van der Waals surface area contributed by atoms with Crippen molar-refractivity contribution in [2.45, 2.75) is 31.6 Å². The summed E-state index contributed by atoms with van der Waals surface area (Å²) >= 11 is 0. The van der Waals surface area contributed by atoms with E-state index in [4.69, 9.17) is 0 Å². The van der Waals surface area contributed by atoms with Crippen molar-refractivity contribution >= 4 is 5.95 Å². The lowest BCUT2D eigenvalue weighted by atomic mass is 10.2. The van der Waals surface area contributed by atoms with Gasteiger partial charge < -0.3 is 4.90 Å². The summed E-state index contributed by atoms with van der Waals surface area (Å²) in [5.41, 5.74) is 0.136. The first-order chi connectivity index (χ1) is 10.0. The molecule has 6 heteroatoms. The first kappa shape index (κ1) is 13.9. The third kappa shape index (κ3) is 3.32. The average molecular weight is 293 g/mol. The monoisotopic (exact) mass is 293 g/mol. The van der Waals surface area contributed by atoms with Gasteiger partial charge in [-0.05, 0) is 24.5 Å². The zero-order valence-electron chi connectivity index (χ0n) is 11.2. The van der Waals surface area contributed by atoms with Gasteiger partial charge in [-0.2, -0.15) is 13.2 Å². The molecule has 1 fully saturated rings. The van der Waals surface area contributed by atoms with Crippen LogP contribution in [0.3, 0.4) is 0 Å². The smallest absolute Gasteiger partial charge is 0.334 e. The van der Waals surface area contributed by atoms with Crippen molar-refractivity contribution in [2.24, 2.45) is 0 Å². The molecule has 3 rings (SSSR count). The molecule has 1 heterocycles. The Balaban J connectivity index is 1.88. The summed E-state index contributed by atoms with van der Waals surface area (Å²) in [6.07, 6.45) is -1.34. The molecule has 1 aliphatic rings. The van der Waals surface area contributed by atoms with E-state index in [1.165, 1.54) is 6.20 Å². The molecular formula is C15H14F3N3. The van der Waals surface area contributed by atoms with E-state index in [-0.39, 0.29) is 12.0 Å². The number of rotatable bonds is 4. The van der Waals surface area contributed by atoms with Crippen molar-refractivity contribution in [3.63, 3.8) is 0 Å². The van der Waals surface area contributed by atoms with Crippen LogP contribution in [0.4, 0.5) is 19.1 Å². The predicted octanol–water partition coefficient (Wildman–Crippen LogP) is 3.66. The average Bonchev–Trinajstić information content (AvgIpc) is 3.30. The SMILES string of the molecule is FC(F)(F)c1ccnc(N(Cc2ccccc2)C2CC2)n1. The van der Waals surface area contributed by atoms with Crippen LogP contribution in [-0.4, -0.2) is 16.0 Å². The van der Waals surface area contributed by atoms with Crippen LogP contribution in [0.25, 0.3) is 0 Å². The van der Waals surface area contributed by atoms with Gasteiger partial charge in [0.25, 0.3) is 0 Å². The summed E-state index contributed by atoms with van der Waals surface area (Å²) in [7, 11) is 0. The Hall–Kier alpha value is -2.11. The Morgan fingerprint density at radius 3 is 2.43 bits per heavy atom. The zero-order valence-corrected chi connectivity index (χ0v) is 11.2. The summed E-state index contributed by atoms with van der Waals surface area (Å²) in [5.74, 6) is 0.149. The van der Waals surface area contributed by atoms with Crippen LogP contribution in [0.1, 0.15) is 24.1 Å². The number of aromatic nitrogens is 2. The third-order valence-corrected chi connectivity index (χ3v) is 3.37. The highest BCUT2D eigenvalue weighted by Crippen LogP contribution is 2.33. The first-order valence-corrected chi connectivity index (χ1v) is 6.75. The summed E-state index contributed by atoms with van der Waals surface area (Å²) in [5, 5.41) is 0. The van der Waals surface area contributed by atoms with E-state index < -0.39 is 11.9 Å². The fourth-order valence-corrected chi connectivity index (χ4v) is 2.17. The van der Waals surface area contributed by atoms with E-state index in [0.717, 1.165) is 24.5 Å². The van der Waals surface area contributed by atoms with Crippen molar-refractivity contribution in [3.8, 4) is 0 Å². The molecule has 21 heavy (non-hydrogen) atoms. The van der Waals surface area contributed by atoms with Gasteiger partial charge in [0, 0.05) is 18.8 Å². The molecule has 1 saturated carbocycles. The van der Waals surface area contributed by atoms with Crippen molar-refractivity contribution in [2.75, 3.05) is 4.90 Å². The maximum absolute atomic E-state index is 12.8. The number of alkyl halides is 3. The lowest BCUT2D eigenvalue weighted by Gasteiger charge is -2.23. The number of benzene rings is 1. The van der Waals surface area contributed by atoms with Gasteiger partial charge in [0.2, 0.25) is 5.95 Å². The number of hydrogen-bond donors (Lipinski definition) is 0. The molecule has 1 aromatic heterocycles. The molecule has 0 spiro atoms. The standard InChI is InChI=1S/C15H14F3N3/c16-15(17,18)13-8-9-19-14(20-13)21(12-6-7-12)10-11-4-2-1-3-5-11/h1-5,8-9,12H,6-7,10H2. The molecule has 0 atom stereocenters. The molecule has 0 N–H and O–H groups in total. The fourth-order valence-electron chi connectivity index (χ4n) is 2.17. The van der Waals surface area contributed by atoms with Crippen LogP contribution in [0.15, 0.2) is 42.6 Å². The minimum Gasteiger partial charge on any atom is -0.334 e. The van der Waals surface area contributed by atoms with Gasteiger partial charge in [0.05, 0.1) is 0 Å². The quantitative estimate of drug-likeness (QED) is 0.861. The molecular weight excluding hydrogens is 279 g/mol. The van der Waals surface area contributed by atoms with Gasteiger partial charge >= 0.3 is 6.18 Å². The van der Waals surface area contributed by atoms with E-state index >= 15 is 0 Å². The number of hydrogen-bond acceptors (Lipinski definition) is 3. The molecule has 0 bridgehead atoms. The normalized spacial score (nSPS) is 15.0. The van der Waals surface area contributed by atoms with Gasteiger partial charge in [0.1, 0.15) is 5.69 Å². The first-order valence-electron chi connectivity index (χ1n) is 6.75. The summed E-state index contributed by atoms with van der Waals surface area (Å²) in [6, 6.07) is 10.8. The molecule has 2 aromatic rings. The van der Waals surface area contributed by atoms with Crippen molar-refractivity contribution in [1.82, 2.24) is 9.97 Å². The minimum absolute atomic E-state index is 0.149. The fraction of sp³-hybridized carbons (Fsp3) is 0.333. The van der Waals surface area contributed by atoms with E-state index in [2.05, 4.69) is 9.97 Å². The maximum Gasteiger partial charge on any atom is 0.433 e. The molecule has 1 aliphatic carbocycles. The molecule has 1 aromatic carbocycles. The predicted molar refractivity (Wildman–Crippen MR) is 72.7 cm³/mol. The highest BCUT2D eigenvalue weighted by atomic mass is 19.4. The second kappa shape index (κ2) is 5.35. The second-order valence-electron chi connectivity index (χ2n) is 5.08. The molecule has 0 aliphatic heterocycles. The topological polar surface area (TPSA) is 29.0 Å². The Morgan fingerprint density at radius 2 is 1.81 bits per heavy atom. The molecule has 0 radical (unpaired) electrons. The highest BCUT2D eigenvalue weighted by molar-refractivity contribution is 5.37. The summed E-state index contributed by atoms with van der Waals surface area (Å²) in [6.45, 7) is 0.521. The van der Waals surface area contributed by atoms with E-state index in [9.17, 15) is 13.2 Å². The van der Waals surface area contributed by atoms with Crippen LogP contribution in [0.5, 0.6) is 0 Å². The lowest BCUT2D eigenvalue weighted by molar-refractivity contribution is -0.141. The lowest BCUT2D eigenvalue weighted by Crippen LogP contribution is -2.27. The van der Waals surface area contributed by atoms with Crippen LogP contribution < -0.4 is 4.90 Å². The Kier molecular flexibility index (Phi) is 3.53. The zero-order chi connectivity index (χ0) is 14.9. The van der Waals surface area contributed by atoms with E-state index in [1.807, 2.05) is 35.2 Å². The summed E-state index contributed by atoms with van der Waals surface area (Å²) < 4.78 is 38.3. The van der Waals surface area contributed by atoms with E-state index in [1.54, 1.807) is 0 Å². The van der Waals surface area contributed by atoms with Gasteiger partial charge in [-0.25, -0.2) is 9.97 Å². The largest absolute Gasteiger partial charge is 0.433 e. The highest BCUT2D eigenvalue weighted by Gasteiger charge is 2.35. The maximum atomic E-state index is 12.8.